The van der Waals surface area contributed by atoms with E-state index in [0.717, 1.165) is 33.5 Å². The number of fused-ring (bicyclic) bond motifs is 1. The summed E-state index contributed by atoms with van der Waals surface area (Å²) in [6.45, 7) is 4.05. The van der Waals surface area contributed by atoms with Gasteiger partial charge >= 0.3 is 0 Å². The van der Waals surface area contributed by atoms with E-state index in [1.165, 1.54) is 11.9 Å². The summed E-state index contributed by atoms with van der Waals surface area (Å²) >= 11 is 6.52. The maximum absolute atomic E-state index is 12.3. The van der Waals surface area contributed by atoms with Gasteiger partial charge in [0, 0.05) is 24.3 Å². The molecule has 0 saturated carbocycles. The second-order valence-electron chi connectivity index (χ2n) is 6.65. The molecule has 0 spiro atoms. The third kappa shape index (κ3) is 3.45. The van der Waals surface area contributed by atoms with E-state index in [-0.39, 0.29) is 11.9 Å². The van der Waals surface area contributed by atoms with E-state index in [4.69, 9.17) is 16.3 Å². The third-order valence-corrected chi connectivity index (χ3v) is 5.08. The molecule has 28 heavy (non-hydrogen) atoms. The van der Waals surface area contributed by atoms with Gasteiger partial charge in [-0.3, -0.25) is 4.79 Å². The number of benzene rings is 2. The molecule has 1 atom stereocenters. The van der Waals surface area contributed by atoms with E-state index >= 15 is 0 Å². The molecule has 1 amide bonds. The summed E-state index contributed by atoms with van der Waals surface area (Å²) in [5.41, 5.74) is 3.43. The van der Waals surface area contributed by atoms with Crippen molar-refractivity contribution in [1.82, 2.24) is 9.99 Å². The number of amides is 1. The average molecular weight is 394 g/mol. The molecule has 3 aromatic rings. The van der Waals surface area contributed by atoms with E-state index in [2.05, 4.69) is 10.1 Å². The Balaban J connectivity index is 1.75. The van der Waals surface area contributed by atoms with Crippen molar-refractivity contribution < 1.29 is 9.53 Å². The molecule has 0 bridgehead atoms. The molecule has 4 rings (SSSR count). The Kier molecular flexibility index (Phi) is 5.01. The summed E-state index contributed by atoms with van der Waals surface area (Å²) in [4.78, 5) is 16.8. The quantitative estimate of drug-likeness (QED) is 0.587. The molecule has 1 aliphatic heterocycles. The minimum absolute atomic E-state index is 0.129. The predicted molar refractivity (Wildman–Crippen MR) is 111 cm³/mol. The van der Waals surface area contributed by atoms with Gasteiger partial charge in [0.05, 0.1) is 23.9 Å². The summed E-state index contributed by atoms with van der Waals surface area (Å²) in [7, 11) is 0. The first-order valence-electron chi connectivity index (χ1n) is 9.22. The molecule has 142 valence electrons. The molecule has 2 heterocycles. The van der Waals surface area contributed by atoms with E-state index in [0.29, 0.717) is 18.2 Å². The molecule has 6 heteroatoms. The summed E-state index contributed by atoms with van der Waals surface area (Å²) in [5.74, 6) is 0.649. The normalized spacial score (nSPS) is 16.3. The number of pyridine rings is 1. The Hall–Kier alpha value is -2.92. The van der Waals surface area contributed by atoms with Crippen LogP contribution in [-0.2, 0) is 4.79 Å². The van der Waals surface area contributed by atoms with Crippen LogP contribution in [0.2, 0.25) is 5.15 Å². The predicted octanol–water partition coefficient (Wildman–Crippen LogP) is 4.98. The van der Waals surface area contributed by atoms with Crippen LogP contribution in [0.15, 0.2) is 59.7 Å². The fourth-order valence-corrected chi connectivity index (χ4v) is 3.76. The molecule has 1 aliphatic rings. The molecule has 5 nitrogen and oxygen atoms in total. The zero-order valence-corrected chi connectivity index (χ0v) is 16.5. The van der Waals surface area contributed by atoms with Crippen LogP contribution in [0.5, 0.6) is 5.75 Å². The van der Waals surface area contributed by atoms with Crippen LogP contribution in [0.3, 0.4) is 0 Å². The maximum atomic E-state index is 12.3. The maximum Gasteiger partial charge on any atom is 0.240 e. The lowest BCUT2D eigenvalue weighted by Gasteiger charge is -2.21. The number of carbonyl (C=O) groups excluding carboxylic acids is 1. The van der Waals surface area contributed by atoms with E-state index in [1.54, 1.807) is 0 Å². The van der Waals surface area contributed by atoms with Crippen LogP contribution >= 0.6 is 11.6 Å². The standard InChI is InChI=1S/C22H20ClN3O2/c1-3-28-17-9-10-19-16(11-17)12-18(22(23)24-19)21-13-20(25-26(21)14(2)27)15-7-5-4-6-8-15/h4-12,21H,3,13H2,1-2H3/t21-/m0/s1. The van der Waals surface area contributed by atoms with Gasteiger partial charge in [0.1, 0.15) is 10.9 Å². The second kappa shape index (κ2) is 7.60. The molecule has 0 saturated heterocycles. The summed E-state index contributed by atoms with van der Waals surface area (Å²) in [5, 5.41) is 7.38. The van der Waals surface area contributed by atoms with Gasteiger partial charge in [-0.15, -0.1) is 0 Å². The van der Waals surface area contributed by atoms with Crippen LogP contribution in [0.4, 0.5) is 0 Å². The fraction of sp³-hybridized carbons (Fsp3) is 0.227. The largest absolute Gasteiger partial charge is 0.494 e. The number of aromatic nitrogens is 1. The Morgan fingerprint density at radius 3 is 2.71 bits per heavy atom. The topological polar surface area (TPSA) is 54.8 Å². The number of carbonyl (C=O) groups is 1. The lowest BCUT2D eigenvalue weighted by molar-refractivity contribution is -0.130. The van der Waals surface area contributed by atoms with Crippen molar-refractivity contribution in [1.29, 1.82) is 0 Å². The second-order valence-corrected chi connectivity index (χ2v) is 7.01. The Morgan fingerprint density at radius 2 is 2.00 bits per heavy atom. The van der Waals surface area contributed by atoms with Crippen molar-refractivity contribution in [3.8, 4) is 5.75 Å². The number of hydrogen-bond donors (Lipinski definition) is 0. The van der Waals surface area contributed by atoms with Crippen LogP contribution < -0.4 is 4.74 Å². The highest BCUT2D eigenvalue weighted by Crippen LogP contribution is 2.37. The molecular formula is C22H20ClN3O2. The van der Waals surface area contributed by atoms with Crippen LogP contribution in [-0.4, -0.2) is 28.2 Å². The fourth-order valence-electron chi connectivity index (χ4n) is 3.49. The highest BCUT2D eigenvalue weighted by atomic mass is 35.5. The zero-order valence-electron chi connectivity index (χ0n) is 15.7. The number of ether oxygens (including phenoxy) is 1. The van der Waals surface area contributed by atoms with Crippen LogP contribution in [0, 0.1) is 0 Å². The van der Waals surface area contributed by atoms with Crippen LogP contribution in [0.25, 0.3) is 10.9 Å². The van der Waals surface area contributed by atoms with Gasteiger partial charge in [0.25, 0.3) is 0 Å². The van der Waals surface area contributed by atoms with Gasteiger partial charge in [-0.05, 0) is 36.8 Å². The van der Waals surface area contributed by atoms with Crippen molar-refractivity contribution >= 4 is 34.1 Å². The number of halogens is 1. The molecule has 1 aromatic heterocycles. The molecule has 0 fully saturated rings. The van der Waals surface area contributed by atoms with Gasteiger partial charge in [0.15, 0.2) is 0 Å². The number of nitrogens with zero attached hydrogens (tertiary/aromatic N) is 3. The molecule has 0 aliphatic carbocycles. The average Bonchev–Trinajstić information content (AvgIpc) is 3.14. The molecule has 0 unspecified atom stereocenters. The van der Waals surface area contributed by atoms with Crippen molar-refractivity contribution in [2.75, 3.05) is 6.61 Å². The van der Waals surface area contributed by atoms with Gasteiger partial charge in [-0.25, -0.2) is 9.99 Å². The first kappa shape index (κ1) is 18.4. The highest BCUT2D eigenvalue weighted by molar-refractivity contribution is 6.30. The molecule has 0 radical (unpaired) electrons. The summed E-state index contributed by atoms with van der Waals surface area (Å²) in [6.07, 6.45) is 0.585. The van der Waals surface area contributed by atoms with Crippen molar-refractivity contribution in [3.63, 3.8) is 0 Å². The van der Waals surface area contributed by atoms with Crippen LogP contribution in [0.1, 0.15) is 37.4 Å². The van der Waals surface area contributed by atoms with Gasteiger partial charge in [-0.2, -0.15) is 5.10 Å². The number of hydrogen-bond acceptors (Lipinski definition) is 4. The van der Waals surface area contributed by atoms with Crippen molar-refractivity contribution in [2.24, 2.45) is 5.10 Å². The van der Waals surface area contributed by atoms with Gasteiger partial charge in [0.2, 0.25) is 5.91 Å². The van der Waals surface area contributed by atoms with E-state index < -0.39 is 0 Å². The van der Waals surface area contributed by atoms with Gasteiger partial charge < -0.3 is 4.74 Å². The monoisotopic (exact) mass is 393 g/mol. The first-order chi connectivity index (χ1) is 13.6. The van der Waals surface area contributed by atoms with Crippen molar-refractivity contribution in [2.45, 2.75) is 26.3 Å². The smallest absolute Gasteiger partial charge is 0.240 e. The Labute approximate surface area is 168 Å². The first-order valence-corrected chi connectivity index (χ1v) is 9.60. The minimum Gasteiger partial charge on any atom is -0.494 e. The number of hydrazone groups is 1. The highest BCUT2D eigenvalue weighted by Gasteiger charge is 2.33. The Bertz CT molecular complexity index is 1070. The van der Waals surface area contributed by atoms with E-state index in [1.807, 2.05) is 61.5 Å². The molecule has 0 N–H and O–H groups in total. The third-order valence-electron chi connectivity index (χ3n) is 4.78. The summed E-state index contributed by atoms with van der Waals surface area (Å²) in [6, 6.07) is 17.3. The van der Waals surface area contributed by atoms with Gasteiger partial charge in [-0.1, -0.05) is 41.9 Å². The Morgan fingerprint density at radius 1 is 1.21 bits per heavy atom. The van der Waals surface area contributed by atoms with E-state index in [9.17, 15) is 4.79 Å². The SMILES string of the molecule is CCOc1ccc2nc(Cl)c([C@@H]3CC(c4ccccc4)=NN3C(C)=O)cc2c1. The van der Waals surface area contributed by atoms with Crippen molar-refractivity contribution in [3.05, 3.63) is 70.9 Å². The molecule has 2 aromatic carbocycles. The zero-order chi connectivity index (χ0) is 19.7. The lowest BCUT2D eigenvalue weighted by Crippen LogP contribution is -2.24. The minimum atomic E-state index is -0.284. The summed E-state index contributed by atoms with van der Waals surface area (Å²) < 4.78 is 5.60. The molecular weight excluding hydrogens is 374 g/mol. The lowest BCUT2D eigenvalue weighted by atomic mass is 9.98. The number of rotatable bonds is 4.